The van der Waals surface area contributed by atoms with Crippen LogP contribution in [0.5, 0.6) is 5.75 Å². The number of imide groups is 1. The molecule has 170 valence electrons. The van der Waals surface area contributed by atoms with E-state index in [0.717, 1.165) is 27.5 Å². The van der Waals surface area contributed by atoms with Crippen molar-refractivity contribution in [2.24, 2.45) is 0 Å². The molecule has 1 heterocycles. The SMILES string of the molecule is CCOC(=O)NC(=O)C[NH+](CC)CC(=O)N1c2ccc(OCC)cc2C(C)=CC1(C)C. The van der Waals surface area contributed by atoms with Crippen molar-refractivity contribution >= 4 is 29.2 Å². The second-order valence-corrected chi connectivity index (χ2v) is 8.05. The van der Waals surface area contributed by atoms with Gasteiger partial charge in [-0.3, -0.25) is 19.8 Å². The summed E-state index contributed by atoms with van der Waals surface area (Å²) in [4.78, 5) is 39.5. The van der Waals surface area contributed by atoms with Crippen LogP contribution in [-0.2, 0) is 14.3 Å². The number of carbonyl (C=O) groups excluding carboxylic acids is 3. The fourth-order valence-corrected chi connectivity index (χ4v) is 3.88. The van der Waals surface area contributed by atoms with Crippen molar-refractivity contribution in [3.63, 3.8) is 0 Å². The monoisotopic (exact) mass is 432 g/mol. The number of hydrogen-bond acceptors (Lipinski definition) is 5. The summed E-state index contributed by atoms with van der Waals surface area (Å²) in [5.41, 5.74) is 2.34. The molecule has 0 bridgehead atoms. The van der Waals surface area contributed by atoms with Crippen molar-refractivity contribution in [3.05, 3.63) is 29.8 Å². The number of rotatable bonds is 8. The molecule has 3 amide bonds. The van der Waals surface area contributed by atoms with Crippen molar-refractivity contribution < 1.29 is 28.8 Å². The maximum Gasteiger partial charge on any atom is 0.414 e. The minimum Gasteiger partial charge on any atom is -0.494 e. The van der Waals surface area contributed by atoms with Gasteiger partial charge in [0.15, 0.2) is 13.1 Å². The van der Waals surface area contributed by atoms with Crippen LogP contribution in [0.25, 0.3) is 5.57 Å². The van der Waals surface area contributed by atoms with E-state index < -0.39 is 17.5 Å². The molecule has 2 rings (SSSR count). The molecule has 0 aliphatic carbocycles. The number of quaternary nitrogens is 1. The summed E-state index contributed by atoms with van der Waals surface area (Å²) in [6, 6.07) is 5.74. The van der Waals surface area contributed by atoms with E-state index in [1.165, 1.54) is 0 Å². The summed E-state index contributed by atoms with van der Waals surface area (Å²) < 4.78 is 10.4. The quantitative estimate of drug-likeness (QED) is 0.654. The van der Waals surface area contributed by atoms with Gasteiger partial charge >= 0.3 is 6.09 Å². The maximum absolute atomic E-state index is 13.4. The van der Waals surface area contributed by atoms with Crippen LogP contribution in [0, 0.1) is 0 Å². The summed E-state index contributed by atoms with van der Waals surface area (Å²) in [6.07, 6.45) is 1.30. The normalized spacial score (nSPS) is 15.4. The number of ether oxygens (including phenoxy) is 2. The number of fused-ring (bicyclic) bond motifs is 1. The van der Waals surface area contributed by atoms with Gasteiger partial charge < -0.3 is 14.4 Å². The van der Waals surface area contributed by atoms with Gasteiger partial charge in [0.2, 0.25) is 0 Å². The smallest absolute Gasteiger partial charge is 0.414 e. The predicted octanol–water partition coefficient (Wildman–Crippen LogP) is 1.79. The lowest BCUT2D eigenvalue weighted by atomic mass is 9.88. The molecule has 0 fully saturated rings. The molecule has 1 aromatic rings. The highest BCUT2D eigenvalue weighted by atomic mass is 16.5. The fraction of sp³-hybridized carbons (Fsp3) is 0.522. The van der Waals surface area contributed by atoms with E-state index in [-0.39, 0.29) is 25.6 Å². The molecule has 0 saturated heterocycles. The highest BCUT2D eigenvalue weighted by Crippen LogP contribution is 2.40. The molecule has 1 atom stereocenters. The zero-order valence-corrected chi connectivity index (χ0v) is 19.3. The van der Waals surface area contributed by atoms with E-state index in [1.54, 1.807) is 11.8 Å². The average Bonchev–Trinajstić information content (AvgIpc) is 2.67. The van der Waals surface area contributed by atoms with Crippen LogP contribution in [0.15, 0.2) is 24.3 Å². The number of amides is 3. The Labute approximate surface area is 184 Å². The summed E-state index contributed by atoms with van der Waals surface area (Å²) in [6.45, 7) is 12.9. The third-order valence-corrected chi connectivity index (χ3v) is 5.17. The molecule has 8 heteroatoms. The van der Waals surface area contributed by atoms with Crippen molar-refractivity contribution in [3.8, 4) is 5.75 Å². The first-order valence-electron chi connectivity index (χ1n) is 10.7. The fourth-order valence-electron chi connectivity index (χ4n) is 3.88. The third-order valence-electron chi connectivity index (χ3n) is 5.17. The predicted molar refractivity (Wildman–Crippen MR) is 119 cm³/mol. The Hall–Kier alpha value is -2.87. The number of nitrogens with one attached hydrogen (secondary N) is 2. The highest BCUT2D eigenvalue weighted by Gasteiger charge is 2.37. The Balaban J connectivity index is 2.21. The summed E-state index contributed by atoms with van der Waals surface area (Å²) >= 11 is 0. The zero-order chi connectivity index (χ0) is 23.2. The first kappa shape index (κ1) is 24.4. The number of alkyl carbamates (subject to hydrolysis) is 1. The third kappa shape index (κ3) is 6.07. The first-order valence-corrected chi connectivity index (χ1v) is 10.7. The molecular formula is C23H34N3O5+. The van der Waals surface area contributed by atoms with Crippen molar-refractivity contribution in [1.82, 2.24) is 5.32 Å². The van der Waals surface area contributed by atoms with Crippen molar-refractivity contribution in [1.29, 1.82) is 0 Å². The highest BCUT2D eigenvalue weighted by molar-refractivity contribution is 6.01. The minimum atomic E-state index is -0.772. The van der Waals surface area contributed by atoms with Gasteiger partial charge in [0.1, 0.15) is 5.75 Å². The molecule has 31 heavy (non-hydrogen) atoms. The molecule has 1 aliphatic rings. The van der Waals surface area contributed by atoms with Gasteiger partial charge in [0.05, 0.1) is 31.0 Å². The second kappa shape index (κ2) is 10.4. The standard InChI is InChI=1S/C23H33N3O5/c1-7-25(14-20(27)24-22(29)31-9-3)15-21(28)26-19-11-10-17(30-8-2)12-18(19)16(4)13-23(26,5)6/h10-13H,7-9,14-15H2,1-6H3,(H,24,27,29)/p+1. The topological polar surface area (TPSA) is 89.4 Å². The van der Waals surface area contributed by atoms with Gasteiger partial charge in [-0.25, -0.2) is 4.79 Å². The average molecular weight is 433 g/mol. The van der Waals surface area contributed by atoms with Crippen LogP contribution >= 0.6 is 0 Å². The van der Waals surface area contributed by atoms with Crippen LogP contribution in [0.2, 0.25) is 0 Å². The Kier molecular flexibility index (Phi) is 8.21. The Bertz CT molecular complexity index is 863. The first-order chi connectivity index (χ1) is 14.6. The van der Waals surface area contributed by atoms with Crippen LogP contribution in [0.3, 0.4) is 0 Å². The van der Waals surface area contributed by atoms with E-state index in [9.17, 15) is 14.4 Å². The molecule has 1 unspecified atom stereocenters. The van der Waals surface area contributed by atoms with Gasteiger partial charge in [-0.05, 0) is 65.3 Å². The number of hydrogen-bond donors (Lipinski definition) is 2. The number of nitrogens with zero attached hydrogens (tertiary/aromatic N) is 1. The number of benzene rings is 1. The molecule has 0 aromatic heterocycles. The number of allylic oxidation sites excluding steroid dienone is 1. The summed E-state index contributed by atoms with van der Waals surface area (Å²) in [5.74, 6) is 0.191. The largest absolute Gasteiger partial charge is 0.494 e. The molecule has 2 N–H and O–H groups in total. The molecular weight excluding hydrogens is 398 g/mol. The van der Waals surface area contributed by atoms with E-state index in [2.05, 4.69) is 11.4 Å². The van der Waals surface area contributed by atoms with Gasteiger partial charge in [0, 0.05) is 5.56 Å². The molecule has 1 aliphatic heterocycles. The molecule has 0 spiro atoms. The van der Waals surface area contributed by atoms with Gasteiger partial charge in [-0.15, -0.1) is 0 Å². The van der Waals surface area contributed by atoms with Crippen molar-refractivity contribution in [2.45, 2.75) is 47.1 Å². The number of anilines is 1. The Morgan fingerprint density at radius 1 is 1.10 bits per heavy atom. The van der Waals surface area contributed by atoms with Crippen LogP contribution in [0.1, 0.15) is 47.1 Å². The zero-order valence-electron chi connectivity index (χ0n) is 19.3. The lowest BCUT2D eigenvalue weighted by Crippen LogP contribution is -3.14. The minimum absolute atomic E-state index is 0.000322. The second-order valence-electron chi connectivity index (χ2n) is 8.05. The lowest BCUT2D eigenvalue weighted by Gasteiger charge is -2.41. The summed E-state index contributed by atoms with van der Waals surface area (Å²) in [5, 5.41) is 2.19. The van der Waals surface area contributed by atoms with Crippen LogP contribution in [0.4, 0.5) is 10.5 Å². The number of carbonyl (C=O) groups is 3. The Morgan fingerprint density at radius 2 is 1.81 bits per heavy atom. The van der Waals surface area contributed by atoms with E-state index in [1.807, 2.05) is 52.8 Å². The van der Waals surface area contributed by atoms with Gasteiger partial charge in [-0.1, -0.05) is 6.08 Å². The summed E-state index contributed by atoms with van der Waals surface area (Å²) in [7, 11) is 0. The lowest BCUT2D eigenvalue weighted by molar-refractivity contribution is -0.881. The van der Waals surface area contributed by atoms with Gasteiger partial charge in [0.25, 0.3) is 11.8 Å². The molecule has 0 saturated carbocycles. The van der Waals surface area contributed by atoms with Crippen molar-refractivity contribution in [2.75, 3.05) is 37.7 Å². The van der Waals surface area contributed by atoms with E-state index in [0.29, 0.717) is 13.2 Å². The van der Waals surface area contributed by atoms with Gasteiger partial charge in [-0.2, -0.15) is 0 Å². The molecule has 1 aromatic carbocycles. The molecule has 0 radical (unpaired) electrons. The maximum atomic E-state index is 13.4. The van der Waals surface area contributed by atoms with E-state index >= 15 is 0 Å². The van der Waals surface area contributed by atoms with Crippen LogP contribution < -0.4 is 19.9 Å². The van der Waals surface area contributed by atoms with Crippen LogP contribution in [-0.4, -0.2) is 56.3 Å². The number of likely N-dealkylation sites (N-methyl/N-ethyl adjacent to an activating group) is 1. The van der Waals surface area contributed by atoms with E-state index in [4.69, 9.17) is 9.47 Å². The Morgan fingerprint density at radius 3 is 2.42 bits per heavy atom. The molecule has 8 nitrogen and oxygen atoms in total.